The minimum atomic E-state index is 0.840. The van der Waals surface area contributed by atoms with Crippen molar-refractivity contribution >= 4 is 57.7 Å². The highest BCUT2D eigenvalue weighted by molar-refractivity contribution is 14.2. The Morgan fingerprint density at radius 3 is 3.06 bits per heavy atom. The van der Waals surface area contributed by atoms with Crippen molar-refractivity contribution in [1.29, 1.82) is 0 Å². The Morgan fingerprint density at radius 2 is 2.35 bits per heavy atom. The lowest BCUT2D eigenvalue weighted by atomic mass is 10.1. The van der Waals surface area contributed by atoms with E-state index in [4.69, 9.17) is 5.73 Å². The summed E-state index contributed by atoms with van der Waals surface area (Å²) in [5, 5.41) is 4.08. The Bertz CT molecular complexity index is 674. The lowest BCUT2D eigenvalue weighted by Gasteiger charge is -1.94. The van der Waals surface area contributed by atoms with E-state index in [1.54, 1.807) is 20.5 Å². The predicted molar refractivity (Wildman–Crippen MR) is 84.5 cm³/mol. The van der Waals surface area contributed by atoms with Gasteiger partial charge in [0.1, 0.15) is 0 Å². The van der Waals surface area contributed by atoms with E-state index < -0.39 is 0 Å². The summed E-state index contributed by atoms with van der Waals surface area (Å²) >= 11 is 3.82. The highest BCUT2D eigenvalue weighted by Crippen LogP contribution is 2.35. The molecule has 2 N–H and O–H groups in total. The number of nitrogens with zero attached hydrogens (tertiary/aromatic N) is 2. The van der Waals surface area contributed by atoms with E-state index in [1.165, 1.54) is 5.56 Å². The second-order valence-corrected chi connectivity index (χ2v) is 6.21. The van der Waals surface area contributed by atoms with E-state index in [-0.39, 0.29) is 0 Å². The van der Waals surface area contributed by atoms with Crippen LogP contribution in [-0.4, -0.2) is 8.96 Å². The number of aromatic nitrogens is 2. The maximum Gasteiger partial charge on any atom is 0.151 e. The van der Waals surface area contributed by atoms with Crippen molar-refractivity contribution in [2.24, 2.45) is 0 Å². The fourth-order valence-corrected chi connectivity index (χ4v) is 3.72. The highest BCUT2D eigenvalue weighted by atomic mass is 127. The third-order valence-electron chi connectivity index (χ3n) is 2.54. The zero-order valence-corrected chi connectivity index (χ0v) is 12.4. The minimum absolute atomic E-state index is 0.840. The molecule has 0 spiro atoms. The minimum Gasteiger partial charge on any atom is -0.391 e. The van der Waals surface area contributed by atoms with E-state index in [9.17, 15) is 0 Å². The second kappa shape index (κ2) is 4.51. The van der Waals surface area contributed by atoms with Crippen molar-refractivity contribution in [1.82, 2.24) is 8.96 Å². The topological polar surface area (TPSA) is 43.8 Å². The molecule has 3 aromatic rings. The molecular formula is C11H8IN3S2. The fourth-order valence-electron chi connectivity index (χ4n) is 1.81. The van der Waals surface area contributed by atoms with Gasteiger partial charge in [-0.1, -0.05) is 0 Å². The van der Waals surface area contributed by atoms with Crippen LogP contribution in [0.25, 0.3) is 22.2 Å². The highest BCUT2D eigenvalue weighted by Gasteiger charge is 2.11. The van der Waals surface area contributed by atoms with Crippen molar-refractivity contribution in [2.75, 3.05) is 5.73 Å². The molecule has 6 heteroatoms. The first-order valence-corrected chi connectivity index (χ1v) is 9.08. The molecule has 3 aromatic heterocycles. The van der Waals surface area contributed by atoms with Gasteiger partial charge >= 0.3 is 0 Å². The summed E-state index contributed by atoms with van der Waals surface area (Å²) in [5.41, 5.74) is 9.13. The summed E-state index contributed by atoms with van der Waals surface area (Å²) in [4.78, 5) is 4.41. The van der Waals surface area contributed by atoms with Gasteiger partial charge in [-0.05, 0) is 23.8 Å². The van der Waals surface area contributed by atoms with Crippen molar-refractivity contribution in [3.05, 3.63) is 36.0 Å². The van der Waals surface area contributed by atoms with Crippen molar-refractivity contribution in [3.63, 3.8) is 0 Å². The second-order valence-electron chi connectivity index (χ2n) is 3.55. The molecule has 0 amide bonds. The number of nitrogens with two attached hydrogens (primary N) is 1. The van der Waals surface area contributed by atoms with E-state index in [2.05, 4.69) is 47.8 Å². The van der Waals surface area contributed by atoms with Gasteiger partial charge in [0, 0.05) is 59.0 Å². The Kier molecular flexibility index (Phi) is 3.01. The number of hydrogen-bond donors (Lipinski definition) is 1. The normalized spacial score (nSPS) is 11.1. The molecule has 0 atom stereocenters. The zero-order chi connectivity index (χ0) is 11.8. The average molecular weight is 373 g/mol. The Morgan fingerprint density at radius 1 is 1.47 bits per heavy atom. The van der Waals surface area contributed by atoms with Crippen LogP contribution in [0.15, 0.2) is 36.0 Å². The van der Waals surface area contributed by atoms with Crippen LogP contribution in [0, 0.1) is 0 Å². The molecule has 0 bridgehead atoms. The molecule has 3 nitrogen and oxygen atoms in total. The van der Waals surface area contributed by atoms with Crippen LogP contribution in [0.2, 0.25) is 0 Å². The Balaban J connectivity index is 2.29. The molecule has 0 unspecified atom stereocenters. The lowest BCUT2D eigenvalue weighted by Crippen LogP contribution is -1.81. The zero-order valence-electron chi connectivity index (χ0n) is 8.63. The first-order valence-electron chi connectivity index (χ1n) is 4.89. The standard InChI is InChI=1S/C11H8IN3S2/c12-17-15-5-9(7-4-10(13)16-6-7)8-2-1-3-14-11(8)15/h1-6H,13H2. The molecule has 17 heavy (non-hydrogen) atoms. The van der Waals surface area contributed by atoms with Crippen LogP contribution in [-0.2, 0) is 0 Å². The molecule has 0 saturated carbocycles. The quantitative estimate of drug-likeness (QED) is 0.685. The SMILES string of the molecule is Nc1cc(-c2cn(SI)c3ncccc23)cs1. The molecule has 0 aliphatic heterocycles. The van der Waals surface area contributed by atoms with E-state index in [1.807, 2.05) is 18.3 Å². The van der Waals surface area contributed by atoms with Crippen LogP contribution in [0.4, 0.5) is 5.00 Å². The summed E-state index contributed by atoms with van der Waals surface area (Å²) < 4.78 is 2.07. The molecular weight excluding hydrogens is 365 g/mol. The monoisotopic (exact) mass is 373 g/mol. The molecule has 86 valence electrons. The maximum absolute atomic E-state index is 5.79. The lowest BCUT2D eigenvalue weighted by molar-refractivity contribution is 1.27. The van der Waals surface area contributed by atoms with Crippen LogP contribution < -0.4 is 5.73 Å². The molecule has 0 fully saturated rings. The van der Waals surface area contributed by atoms with Gasteiger partial charge in [-0.15, -0.1) is 11.3 Å². The van der Waals surface area contributed by atoms with Crippen LogP contribution in [0.1, 0.15) is 0 Å². The van der Waals surface area contributed by atoms with Crippen molar-refractivity contribution < 1.29 is 0 Å². The van der Waals surface area contributed by atoms with Gasteiger partial charge in [0.15, 0.2) is 5.65 Å². The molecule has 0 aliphatic carbocycles. The van der Waals surface area contributed by atoms with Crippen molar-refractivity contribution in [2.45, 2.75) is 0 Å². The molecule has 0 aliphatic rings. The average Bonchev–Trinajstić information content (AvgIpc) is 2.92. The van der Waals surface area contributed by atoms with Crippen molar-refractivity contribution in [3.8, 4) is 11.1 Å². The number of anilines is 1. The first kappa shape index (κ1) is 11.4. The van der Waals surface area contributed by atoms with Crippen LogP contribution >= 0.6 is 41.7 Å². The smallest absolute Gasteiger partial charge is 0.151 e. The summed E-state index contributed by atoms with van der Waals surface area (Å²) in [6.07, 6.45) is 3.92. The number of pyridine rings is 1. The van der Waals surface area contributed by atoms with E-state index in [0.29, 0.717) is 0 Å². The Hall–Kier alpha value is -0.730. The first-order chi connectivity index (χ1) is 8.29. The van der Waals surface area contributed by atoms with Gasteiger partial charge in [0.2, 0.25) is 0 Å². The number of halogens is 1. The van der Waals surface area contributed by atoms with E-state index >= 15 is 0 Å². The van der Waals surface area contributed by atoms with Crippen LogP contribution in [0.5, 0.6) is 0 Å². The number of nitrogen functional groups attached to an aromatic ring is 1. The maximum atomic E-state index is 5.79. The van der Waals surface area contributed by atoms with Gasteiger partial charge in [0.25, 0.3) is 0 Å². The largest absolute Gasteiger partial charge is 0.391 e. The third kappa shape index (κ3) is 1.94. The third-order valence-corrected chi connectivity index (χ3v) is 5.00. The molecule has 3 rings (SSSR count). The van der Waals surface area contributed by atoms with Crippen LogP contribution in [0.3, 0.4) is 0 Å². The number of fused-ring (bicyclic) bond motifs is 1. The fraction of sp³-hybridized carbons (Fsp3) is 0. The van der Waals surface area contributed by atoms with Gasteiger partial charge < -0.3 is 5.73 Å². The number of rotatable bonds is 2. The summed E-state index contributed by atoms with van der Waals surface area (Å²) in [7, 11) is 1.62. The van der Waals surface area contributed by atoms with Gasteiger partial charge in [-0.25, -0.2) is 4.98 Å². The Labute approximate surface area is 119 Å². The van der Waals surface area contributed by atoms with E-state index in [0.717, 1.165) is 21.6 Å². The van der Waals surface area contributed by atoms with Gasteiger partial charge in [0.05, 0.1) is 5.00 Å². The molecule has 0 aromatic carbocycles. The summed E-state index contributed by atoms with van der Waals surface area (Å²) in [6.45, 7) is 0. The number of thiophene rings is 1. The summed E-state index contributed by atoms with van der Waals surface area (Å²) in [5.74, 6) is 0. The molecule has 0 radical (unpaired) electrons. The predicted octanol–water partition coefficient (Wildman–Crippen LogP) is 4.19. The molecule has 3 heterocycles. The number of hydrogen-bond acceptors (Lipinski definition) is 4. The van der Waals surface area contributed by atoms with Gasteiger partial charge in [-0.3, -0.25) is 3.97 Å². The summed E-state index contributed by atoms with van der Waals surface area (Å²) in [6, 6.07) is 6.06. The van der Waals surface area contributed by atoms with Gasteiger partial charge in [-0.2, -0.15) is 0 Å². The molecule has 0 saturated heterocycles.